The van der Waals surface area contributed by atoms with E-state index in [0.717, 1.165) is 35.1 Å². The number of thiophene rings is 1. The van der Waals surface area contributed by atoms with Gasteiger partial charge >= 0.3 is 36.2 Å². The number of nitrogens with one attached hydrogen (secondary N) is 3. The minimum Gasteiger partial charge on any atom is -0.480 e. The van der Waals surface area contributed by atoms with Gasteiger partial charge in [-0.15, -0.1) is 16.4 Å². The average molecular weight is 998 g/mol. The molecule has 0 saturated carbocycles. The lowest BCUT2D eigenvalue weighted by Crippen LogP contribution is -2.35. The number of aliphatic carboxylic acids is 1. The Balaban J connectivity index is 0.000000212. The van der Waals surface area contributed by atoms with E-state index in [2.05, 4.69) is 35.1 Å². The van der Waals surface area contributed by atoms with Gasteiger partial charge in [0, 0.05) is 11.6 Å². The van der Waals surface area contributed by atoms with Crippen molar-refractivity contribution in [1.29, 1.82) is 0 Å². The van der Waals surface area contributed by atoms with E-state index in [1.807, 2.05) is 0 Å². The fourth-order valence-electron chi connectivity index (χ4n) is 4.78. The first-order valence-electron chi connectivity index (χ1n) is 16.6. The van der Waals surface area contributed by atoms with Gasteiger partial charge in [0.15, 0.2) is 6.61 Å². The van der Waals surface area contributed by atoms with Crippen LogP contribution >= 0.6 is 46.1 Å². The van der Waals surface area contributed by atoms with Crippen LogP contribution in [0.15, 0.2) is 63.7 Å². The molecule has 0 bridgehead atoms. The van der Waals surface area contributed by atoms with Crippen LogP contribution in [0.5, 0.6) is 11.8 Å². The summed E-state index contributed by atoms with van der Waals surface area (Å²) in [5, 5.41) is 25.8. The summed E-state index contributed by atoms with van der Waals surface area (Å²) in [6, 6.07) is 9.00. The lowest BCUT2D eigenvalue weighted by molar-refractivity contribution is -0.139. The fraction of sp³-hybridized carbons (Fsp3) is 0.182. The Morgan fingerprint density at radius 1 is 0.968 bits per heavy atom. The predicted octanol–water partition coefficient (Wildman–Crippen LogP) is 5.23. The molecule has 0 unspecified atom stereocenters. The van der Waals surface area contributed by atoms with Crippen molar-refractivity contribution in [3.8, 4) is 17.4 Å². The maximum absolute atomic E-state index is 12.8. The molecule has 4 aromatic heterocycles. The highest BCUT2D eigenvalue weighted by atomic mass is 35.5. The molecule has 2 aromatic carbocycles. The van der Waals surface area contributed by atoms with Gasteiger partial charge < -0.3 is 19.7 Å². The molecule has 30 heteroatoms. The van der Waals surface area contributed by atoms with Crippen LogP contribution in [-0.4, -0.2) is 99.3 Å². The highest BCUT2D eigenvalue weighted by molar-refractivity contribution is 7.92. The van der Waals surface area contributed by atoms with Gasteiger partial charge in [-0.05, 0) is 61.7 Å². The number of ether oxygens (including phenoxy) is 2. The average Bonchev–Trinajstić information content (AvgIpc) is 3.80. The molecule has 336 valence electrons. The number of urea groups is 1. The third kappa shape index (κ3) is 13.1. The zero-order chi connectivity index (χ0) is 47.0. The van der Waals surface area contributed by atoms with Gasteiger partial charge in [0.2, 0.25) is 16.0 Å². The first kappa shape index (κ1) is 49.4. The second kappa shape index (κ2) is 20.7. The number of hydrogen-bond acceptors (Lipinski definition) is 16. The number of carboxylic acid groups (broad SMARTS) is 2. The molecule has 0 radical (unpaired) electrons. The van der Waals surface area contributed by atoms with E-state index >= 15 is 0 Å². The fourth-order valence-corrected chi connectivity index (χ4v) is 8.30. The molecule has 0 aliphatic heterocycles. The number of sulfonamides is 2. The third-order valence-corrected chi connectivity index (χ3v) is 11.2. The minimum atomic E-state index is -4.37. The van der Waals surface area contributed by atoms with E-state index in [-0.39, 0.29) is 49.6 Å². The van der Waals surface area contributed by atoms with Gasteiger partial charge in [-0.3, -0.25) is 15.0 Å². The van der Waals surface area contributed by atoms with E-state index in [1.165, 1.54) is 32.4 Å². The number of amides is 2. The van der Waals surface area contributed by atoms with Crippen LogP contribution in [-0.2, 0) is 24.8 Å². The maximum atomic E-state index is 12.8. The smallest absolute Gasteiger partial charge is 0.355 e. The van der Waals surface area contributed by atoms with Gasteiger partial charge in [-0.2, -0.15) is 28.4 Å². The van der Waals surface area contributed by atoms with Crippen molar-refractivity contribution >= 4 is 107 Å². The molecule has 0 saturated heterocycles. The van der Waals surface area contributed by atoms with E-state index in [1.54, 1.807) is 35.2 Å². The molecule has 0 spiro atoms. The lowest BCUT2D eigenvalue weighted by atomic mass is 10.2. The SMILES string of the molecule is COc1nc(C)nc(NC(=O)NS(=O)(=O)c2ccsc2C(=O)O)n1.Cc1nn(-c2cc(NS(C)(=O)=O)c(Cl)cc2Cl)c(=O)n1C(F)F.O=C(O)COc1ccc(Cl)c2cccnc12. The number of carbonyl (C=O) groups is 3. The summed E-state index contributed by atoms with van der Waals surface area (Å²) in [7, 11) is -6.71. The van der Waals surface area contributed by atoms with E-state index in [0.29, 0.717) is 21.0 Å². The Labute approximate surface area is 372 Å². The number of methoxy groups -OCH3 is 1. The number of hydrogen-bond donors (Lipinski definition) is 5. The molecule has 0 atom stereocenters. The number of carboxylic acids is 2. The van der Waals surface area contributed by atoms with Crippen molar-refractivity contribution < 1.29 is 59.7 Å². The predicted molar refractivity (Wildman–Crippen MR) is 224 cm³/mol. The van der Waals surface area contributed by atoms with Crippen molar-refractivity contribution in [2.75, 3.05) is 30.0 Å². The number of alkyl halides is 2. The number of rotatable bonds is 12. The zero-order valence-corrected chi connectivity index (χ0v) is 36.9. The van der Waals surface area contributed by atoms with E-state index in [9.17, 15) is 44.8 Å². The topological polar surface area (TPSA) is 306 Å². The molecule has 2 amide bonds. The Kier molecular flexibility index (Phi) is 16.3. The highest BCUT2D eigenvalue weighted by Crippen LogP contribution is 2.32. The van der Waals surface area contributed by atoms with Crippen molar-refractivity contribution in [3.05, 3.63) is 96.1 Å². The quantitative estimate of drug-likeness (QED) is 0.105. The maximum Gasteiger partial charge on any atom is 0.355 e. The number of nitrogens with zero attached hydrogens (tertiary/aromatic N) is 7. The van der Waals surface area contributed by atoms with Crippen LogP contribution < -0.4 is 29.9 Å². The number of fused-ring (bicyclic) bond motifs is 1. The molecule has 6 aromatic rings. The number of aryl methyl sites for hydroxylation is 2. The summed E-state index contributed by atoms with van der Waals surface area (Å²) in [5.74, 6) is -2.24. The van der Waals surface area contributed by atoms with Crippen molar-refractivity contribution in [2.45, 2.75) is 25.3 Å². The monoisotopic (exact) mass is 996 g/mol. The van der Waals surface area contributed by atoms with Gasteiger partial charge in [-0.1, -0.05) is 34.8 Å². The largest absolute Gasteiger partial charge is 0.480 e. The molecule has 4 heterocycles. The summed E-state index contributed by atoms with van der Waals surface area (Å²) in [6.45, 7) is -0.721. The molecular formula is C33H29Cl3F2N10O12S3. The number of carbonyl (C=O) groups excluding carboxylic acids is 1. The normalized spacial score (nSPS) is 11.1. The number of aromatic nitrogens is 7. The van der Waals surface area contributed by atoms with Crippen LogP contribution in [0.4, 0.5) is 25.2 Å². The molecule has 0 aliphatic rings. The number of benzene rings is 2. The van der Waals surface area contributed by atoms with Crippen LogP contribution in [0, 0.1) is 13.8 Å². The summed E-state index contributed by atoms with van der Waals surface area (Å²) in [6.07, 6.45) is 2.51. The first-order valence-corrected chi connectivity index (χ1v) is 22.0. The zero-order valence-electron chi connectivity index (χ0n) is 32.2. The van der Waals surface area contributed by atoms with Crippen molar-refractivity contribution in [3.63, 3.8) is 0 Å². The minimum absolute atomic E-state index is 0.0257. The van der Waals surface area contributed by atoms with Gasteiger partial charge in [0.05, 0.1) is 39.8 Å². The van der Waals surface area contributed by atoms with Crippen LogP contribution in [0.1, 0.15) is 27.9 Å². The van der Waals surface area contributed by atoms with Gasteiger partial charge in [-0.25, -0.2) is 45.3 Å². The first-order chi connectivity index (χ1) is 29.4. The molecule has 0 fully saturated rings. The summed E-state index contributed by atoms with van der Waals surface area (Å²) < 4.78 is 87.1. The number of aromatic carboxylic acids is 1. The van der Waals surface area contributed by atoms with Gasteiger partial charge in [0.25, 0.3) is 10.0 Å². The molecule has 0 aliphatic carbocycles. The van der Waals surface area contributed by atoms with Crippen molar-refractivity contribution in [2.24, 2.45) is 0 Å². The summed E-state index contributed by atoms with van der Waals surface area (Å²) in [5.41, 5.74) is -0.706. The molecule has 6 rings (SSSR count). The van der Waals surface area contributed by atoms with Crippen LogP contribution in [0.2, 0.25) is 15.1 Å². The van der Waals surface area contributed by atoms with E-state index in [4.69, 9.17) is 54.5 Å². The molecule has 5 N–H and O–H groups in total. The lowest BCUT2D eigenvalue weighted by Gasteiger charge is -2.10. The Morgan fingerprint density at radius 2 is 1.67 bits per heavy atom. The standard InChI is InChI=1S/C11H10Cl2F2N4O3S.C11H8ClNO3.C11H11N5O6S2/c1-5-16-19(11(20)18(5)10(14)15)9-4-8(17-23(2,21)22)6(12)3-7(9)13;12-8-3-4-9(16-6-10(14)15)11-7(8)2-1-5-13-11;1-5-12-9(15-11(13-5)22-2)14-10(19)16-24(20,21)6-3-4-23-7(6)8(17)18/h3-4,10,17H,1-2H3;1-5H,6H2,(H,14,15);3-4H,1-2H3,(H,17,18)(H2,12,13,14,15,16,19). The third-order valence-electron chi connectivity index (χ3n) is 7.24. The number of halogens is 5. The number of pyridine rings is 1. The van der Waals surface area contributed by atoms with E-state index < -0.39 is 66.6 Å². The summed E-state index contributed by atoms with van der Waals surface area (Å²) in [4.78, 5) is 59.8. The summed E-state index contributed by atoms with van der Waals surface area (Å²) >= 11 is 18.5. The van der Waals surface area contributed by atoms with Crippen LogP contribution in [0.3, 0.4) is 0 Å². The van der Waals surface area contributed by atoms with Crippen molar-refractivity contribution in [1.82, 2.24) is 39.0 Å². The highest BCUT2D eigenvalue weighted by Gasteiger charge is 2.26. The molecule has 22 nitrogen and oxygen atoms in total. The number of anilines is 2. The van der Waals surface area contributed by atoms with Crippen LogP contribution in [0.25, 0.3) is 16.6 Å². The Bertz CT molecular complexity index is 2990. The van der Waals surface area contributed by atoms with Gasteiger partial charge in [0.1, 0.15) is 32.7 Å². The Morgan fingerprint density at radius 3 is 2.27 bits per heavy atom. The molecule has 63 heavy (non-hydrogen) atoms. The Hall–Kier alpha value is -6.26. The second-order valence-electron chi connectivity index (χ2n) is 11.8. The second-order valence-corrected chi connectivity index (χ2v) is 17.4. The molecular weight excluding hydrogens is 969 g/mol.